The maximum Gasteiger partial charge on any atom is 0.252 e. The lowest BCUT2D eigenvalue weighted by Gasteiger charge is -2.29. The molecule has 2 atom stereocenters. The summed E-state index contributed by atoms with van der Waals surface area (Å²) < 4.78 is 28.8. The van der Waals surface area contributed by atoms with Crippen LogP contribution in [0.3, 0.4) is 0 Å². The second-order valence-corrected chi connectivity index (χ2v) is 11.1. The fourth-order valence-corrected chi connectivity index (χ4v) is 5.82. The topological polar surface area (TPSA) is 183 Å². The van der Waals surface area contributed by atoms with Gasteiger partial charge < -0.3 is 26.1 Å². The number of benzene rings is 2. The second-order valence-electron chi connectivity index (χ2n) is 9.41. The molecule has 1 heterocycles. The van der Waals surface area contributed by atoms with Crippen LogP contribution in [0.1, 0.15) is 25.7 Å². The molecule has 6 N–H and O–H groups in total. The first-order chi connectivity index (χ1) is 18.0. The van der Waals surface area contributed by atoms with Crippen LogP contribution >= 0.6 is 24.8 Å². The van der Waals surface area contributed by atoms with Crippen LogP contribution in [-0.4, -0.2) is 88.1 Å². The SMILES string of the molecule is CN(C)c1cccc2c(S(=O)(=O)NCC(=O)N3CCC[C@H]3C(=O)N(CCC[C@H](N)C=O)C(=N)N)cccc12.Cl.Cl. The van der Waals surface area contributed by atoms with Crippen molar-refractivity contribution in [2.24, 2.45) is 11.5 Å². The molecule has 0 radical (unpaired) electrons. The van der Waals surface area contributed by atoms with Gasteiger partial charge in [0, 0.05) is 43.6 Å². The summed E-state index contributed by atoms with van der Waals surface area (Å²) in [7, 11) is -0.312. The minimum Gasteiger partial charge on any atom is -0.377 e. The minimum absolute atomic E-state index is 0. The number of nitrogens with two attached hydrogens (primary N) is 2. The summed E-state index contributed by atoms with van der Waals surface area (Å²) in [6.07, 6.45) is 2.20. The predicted molar refractivity (Wildman–Crippen MR) is 160 cm³/mol. The highest BCUT2D eigenvalue weighted by Crippen LogP contribution is 2.30. The highest BCUT2D eigenvalue weighted by Gasteiger charge is 2.37. The molecule has 0 aliphatic carbocycles. The Morgan fingerprint density at radius 1 is 1.18 bits per heavy atom. The molecule has 0 bridgehead atoms. The first-order valence-electron chi connectivity index (χ1n) is 12.3. The number of amides is 2. The van der Waals surface area contributed by atoms with Gasteiger partial charge in [-0.2, -0.15) is 0 Å². The van der Waals surface area contributed by atoms with Crippen molar-refractivity contribution in [2.45, 2.75) is 42.7 Å². The maximum atomic E-state index is 13.2. The number of carbonyl (C=O) groups is 3. The molecule has 3 rings (SSSR count). The second kappa shape index (κ2) is 15.1. The Hall–Kier alpha value is -2.97. The van der Waals surface area contributed by atoms with Crippen LogP contribution in [0.4, 0.5) is 5.69 Å². The minimum atomic E-state index is -4.05. The Morgan fingerprint density at radius 2 is 1.82 bits per heavy atom. The van der Waals surface area contributed by atoms with Crippen LogP contribution in [0, 0.1) is 5.41 Å². The predicted octanol–water partition coefficient (Wildman–Crippen LogP) is 1.05. The number of hydrogen-bond acceptors (Lipinski definition) is 8. The molecule has 2 aromatic carbocycles. The van der Waals surface area contributed by atoms with E-state index in [-0.39, 0.29) is 42.8 Å². The number of hydrogen-bond donors (Lipinski definition) is 4. The van der Waals surface area contributed by atoms with Crippen molar-refractivity contribution < 1.29 is 22.8 Å². The number of nitrogens with one attached hydrogen (secondary N) is 2. The zero-order valence-corrected chi connectivity index (χ0v) is 24.9. The molecule has 0 spiro atoms. The fourth-order valence-electron chi connectivity index (χ4n) is 4.63. The summed E-state index contributed by atoms with van der Waals surface area (Å²) in [6, 6.07) is 8.81. The highest BCUT2D eigenvalue weighted by molar-refractivity contribution is 7.89. The lowest BCUT2D eigenvalue weighted by Crippen LogP contribution is -2.53. The van der Waals surface area contributed by atoms with Gasteiger partial charge in [0.15, 0.2) is 5.96 Å². The molecule has 2 aromatic rings. The van der Waals surface area contributed by atoms with Crippen molar-refractivity contribution in [3.05, 3.63) is 36.4 Å². The van der Waals surface area contributed by atoms with Crippen molar-refractivity contribution in [2.75, 3.05) is 38.6 Å². The molecule has 1 aliphatic rings. The lowest BCUT2D eigenvalue weighted by molar-refractivity contribution is -0.141. The van der Waals surface area contributed by atoms with Gasteiger partial charge >= 0.3 is 0 Å². The Labute approximate surface area is 246 Å². The number of aldehydes is 1. The largest absolute Gasteiger partial charge is 0.377 e. The van der Waals surface area contributed by atoms with E-state index < -0.39 is 46.4 Å². The summed E-state index contributed by atoms with van der Waals surface area (Å²) in [4.78, 5) is 41.3. The molecular weight excluding hydrogens is 581 g/mol. The van der Waals surface area contributed by atoms with Crippen molar-refractivity contribution in [1.29, 1.82) is 5.41 Å². The maximum absolute atomic E-state index is 13.2. The van der Waals surface area contributed by atoms with Crippen molar-refractivity contribution in [1.82, 2.24) is 14.5 Å². The smallest absolute Gasteiger partial charge is 0.252 e. The molecule has 1 aliphatic heterocycles. The number of guanidine groups is 1. The molecule has 1 saturated heterocycles. The third-order valence-electron chi connectivity index (χ3n) is 6.55. The Kier molecular flexibility index (Phi) is 13.3. The average molecular weight is 619 g/mol. The Morgan fingerprint density at radius 3 is 2.45 bits per heavy atom. The first-order valence-corrected chi connectivity index (χ1v) is 13.8. The van der Waals surface area contributed by atoms with Crippen LogP contribution < -0.4 is 21.1 Å². The fraction of sp³-hybridized carbons (Fsp3) is 0.440. The van der Waals surface area contributed by atoms with Gasteiger partial charge in [0.05, 0.1) is 17.5 Å². The molecule has 0 aromatic heterocycles. The summed E-state index contributed by atoms with van der Waals surface area (Å²) in [5, 5.41) is 9.09. The first kappa shape index (κ1) is 35.1. The van der Waals surface area contributed by atoms with Crippen LogP contribution in [0.5, 0.6) is 0 Å². The Balaban J connectivity index is 0.00000400. The molecule has 1 fully saturated rings. The zero-order chi connectivity index (χ0) is 28.0. The summed E-state index contributed by atoms with van der Waals surface area (Å²) in [5.74, 6) is -1.54. The highest BCUT2D eigenvalue weighted by atomic mass is 35.5. The van der Waals surface area contributed by atoms with E-state index in [1.807, 2.05) is 31.1 Å². The van der Waals surface area contributed by atoms with E-state index in [4.69, 9.17) is 16.9 Å². The van der Waals surface area contributed by atoms with Crippen LogP contribution in [0.15, 0.2) is 41.3 Å². The van der Waals surface area contributed by atoms with Crippen LogP contribution in [-0.2, 0) is 24.4 Å². The molecule has 222 valence electrons. The zero-order valence-electron chi connectivity index (χ0n) is 22.4. The van der Waals surface area contributed by atoms with E-state index in [2.05, 4.69) is 4.72 Å². The van der Waals surface area contributed by atoms with E-state index in [0.717, 1.165) is 16.0 Å². The van der Waals surface area contributed by atoms with Gasteiger partial charge in [-0.05, 0) is 37.8 Å². The normalized spacial score (nSPS) is 15.5. The lowest BCUT2D eigenvalue weighted by atomic mass is 10.1. The summed E-state index contributed by atoms with van der Waals surface area (Å²) in [5.41, 5.74) is 12.1. The van der Waals surface area contributed by atoms with Crippen LogP contribution in [0.25, 0.3) is 10.8 Å². The van der Waals surface area contributed by atoms with E-state index in [1.54, 1.807) is 18.2 Å². The van der Waals surface area contributed by atoms with Gasteiger partial charge in [-0.1, -0.05) is 24.3 Å². The summed E-state index contributed by atoms with van der Waals surface area (Å²) in [6.45, 7) is -0.166. The van der Waals surface area contributed by atoms with Crippen molar-refractivity contribution in [3.8, 4) is 0 Å². The number of halogens is 2. The molecule has 0 unspecified atom stereocenters. The van der Waals surface area contributed by atoms with E-state index in [9.17, 15) is 22.8 Å². The molecule has 12 nitrogen and oxygen atoms in total. The number of anilines is 1. The molecule has 15 heteroatoms. The van der Waals surface area contributed by atoms with Crippen molar-refractivity contribution >= 4 is 75.4 Å². The number of nitrogens with zero attached hydrogens (tertiary/aromatic N) is 3. The number of likely N-dealkylation sites (tertiary alicyclic amines) is 1. The van der Waals surface area contributed by atoms with E-state index in [0.29, 0.717) is 37.4 Å². The molecule has 2 amide bonds. The van der Waals surface area contributed by atoms with Gasteiger partial charge in [-0.3, -0.25) is 19.9 Å². The van der Waals surface area contributed by atoms with Gasteiger partial charge in [-0.15, -0.1) is 24.8 Å². The monoisotopic (exact) mass is 617 g/mol. The van der Waals surface area contributed by atoms with Gasteiger partial charge in [0.2, 0.25) is 15.9 Å². The van der Waals surface area contributed by atoms with Crippen LogP contribution in [0.2, 0.25) is 0 Å². The molecule has 40 heavy (non-hydrogen) atoms. The van der Waals surface area contributed by atoms with Gasteiger partial charge in [0.1, 0.15) is 12.3 Å². The van der Waals surface area contributed by atoms with E-state index in [1.165, 1.54) is 11.0 Å². The standard InChI is InChI=1S/C25H35N7O5S.2ClH/c1-30(2)20-10-3-9-19-18(20)8-4-12-22(19)38(36,37)29-15-23(34)31-13-6-11-21(31)24(35)32(25(27)28)14-5-7-17(26)16-33;;/h3-4,8-10,12,16-17,21,29H,5-7,11,13-15,26H2,1-2H3,(H3,27,28);2*1H/t17-,21-;;/m0../s1. The molecular formula is C25H37Cl2N7O5S. The number of sulfonamides is 1. The molecule has 0 saturated carbocycles. The van der Waals surface area contributed by atoms with Gasteiger partial charge in [-0.25, -0.2) is 13.1 Å². The van der Waals surface area contributed by atoms with Gasteiger partial charge in [0.25, 0.3) is 5.91 Å². The van der Waals surface area contributed by atoms with Crippen molar-refractivity contribution in [3.63, 3.8) is 0 Å². The quantitative estimate of drug-likeness (QED) is 0.164. The Bertz CT molecular complexity index is 1330. The third kappa shape index (κ3) is 8.04. The number of fused-ring (bicyclic) bond motifs is 1. The number of rotatable bonds is 11. The summed E-state index contributed by atoms with van der Waals surface area (Å²) >= 11 is 0. The number of carbonyl (C=O) groups excluding carboxylic acids is 3. The van der Waals surface area contributed by atoms with E-state index >= 15 is 0 Å². The third-order valence-corrected chi connectivity index (χ3v) is 8.01. The average Bonchev–Trinajstić information content (AvgIpc) is 3.38.